The fourth-order valence-corrected chi connectivity index (χ4v) is 2.43. The quantitative estimate of drug-likeness (QED) is 0.535. The Hall–Kier alpha value is -1.03. The Morgan fingerprint density at radius 3 is 2.45 bits per heavy atom. The van der Waals surface area contributed by atoms with E-state index in [0.717, 1.165) is 5.56 Å². The average Bonchev–Trinajstić information content (AvgIpc) is 2.42. The van der Waals surface area contributed by atoms with Gasteiger partial charge >= 0.3 is 0 Å². The van der Waals surface area contributed by atoms with E-state index >= 15 is 0 Å². The number of carbonyl (C=O) groups is 1. The van der Waals surface area contributed by atoms with Crippen molar-refractivity contribution in [3.8, 4) is 5.75 Å². The zero-order valence-corrected chi connectivity index (χ0v) is 13.7. The number of aryl methyl sites for hydroxylation is 1. The van der Waals surface area contributed by atoms with Crippen LogP contribution in [-0.4, -0.2) is 12.4 Å². The number of halogens is 3. The lowest BCUT2D eigenvalue weighted by Crippen LogP contribution is -2.11. The third-order valence-corrected chi connectivity index (χ3v) is 4.20. The summed E-state index contributed by atoms with van der Waals surface area (Å²) in [5.41, 5.74) is 1.71. The molecule has 2 aromatic rings. The van der Waals surface area contributed by atoms with Crippen LogP contribution in [0.3, 0.4) is 0 Å². The van der Waals surface area contributed by atoms with Crippen LogP contribution < -0.4 is 4.74 Å². The van der Waals surface area contributed by atoms with Crippen molar-refractivity contribution in [2.24, 2.45) is 0 Å². The van der Waals surface area contributed by atoms with Gasteiger partial charge in [0.25, 0.3) is 0 Å². The molecule has 0 heterocycles. The van der Waals surface area contributed by atoms with Crippen LogP contribution in [0.15, 0.2) is 40.9 Å². The van der Waals surface area contributed by atoms with Gasteiger partial charge in [-0.05, 0) is 28.9 Å². The number of hydrogen-bond acceptors (Lipinski definition) is 2. The minimum atomic E-state index is -0.111. The van der Waals surface area contributed by atoms with Gasteiger partial charge in [-0.1, -0.05) is 53.0 Å². The van der Waals surface area contributed by atoms with Gasteiger partial charge in [0.1, 0.15) is 5.75 Å². The summed E-state index contributed by atoms with van der Waals surface area (Å²) in [4.78, 5) is 12.0. The van der Waals surface area contributed by atoms with Crippen molar-refractivity contribution >= 4 is 44.9 Å². The molecular weight excluding hydrogens is 363 g/mol. The Kier molecular flexibility index (Phi) is 5.08. The molecule has 0 fully saturated rings. The molecule has 0 amide bonds. The predicted molar refractivity (Wildman–Crippen MR) is 85.2 cm³/mol. The van der Waals surface area contributed by atoms with E-state index in [2.05, 4.69) is 15.9 Å². The molecule has 0 unspecified atom stereocenters. The summed E-state index contributed by atoms with van der Waals surface area (Å²) in [5, 5.41) is 0.880. The number of benzene rings is 2. The van der Waals surface area contributed by atoms with Gasteiger partial charge in [-0.2, -0.15) is 0 Å². The third kappa shape index (κ3) is 3.75. The van der Waals surface area contributed by atoms with E-state index in [1.54, 1.807) is 24.3 Å². The molecule has 0 saturated carbocycles. The second-order valence-corrected chi connectivity index (χ2v) is 5.94. The van der Waals surface area contributed by atoms with E-state index in [1.807, 2.05) is 19.1 Å². The molecule has 0 spiro atoms. The van der Waals surface area contributed by atoms with E-state index < -0.39 is 0 Å². The van der Waals surface area contributed by atoms with Crippen LogP contribution in [0.5, 0.6) is 5.75 Å². The Labute approximate surface area is 135 Å². The fraction of sp³-hybridized carbons (Fsp3) is 0.133. The molecule has 2 nitrogen and oxygen atoms in total. The predicted octanol–water partition coefficient (Wildman–Crippen LogP) is 5.33. The van der Waals surface area contributed by atoms with Gasteiger partial charge in [0.2, 0.25) is 0 Å². The molecule has 5 heteroatoms. The number of carbonyl (C=O) groups excluding carboxylic acids is 1. The van der Waals surface area contributed by atoms with Crippen molar-refractivity contribution < 1.29 is 9.53 Å². The largest absolute Gasteiger partial charge is 0.484 e. The molecule has 0 radical (unpaired) electrons. The first-order chi connectivity index (χ1) is 9.47. The van der Waals surface area contributed by atoms with Gasteiger partial charge in [0, 0.05) is 16.1 Å². The standard InChI is InChI=1S/C15H11BrCl2O2/c1-9-2-4-10(5-3-9)14(19)8-20-15-7-12(17)11(16)6-13(15)18/h2-7H,8H2,1H3. The molecule has 0 aromatic heterocycles. The first kappa shape index (κ1) is 15.4. The van der Waals surface area contributed by atoms with Crippen molar-refractivity contribution in [3.05, 3.63) is 62.0 Å². The van der Waals surface area contributed by atoms with Crippen LogP contribution in [0.4, 0.5) is 0 Å². The van der Waals surface area contributed by atoms with Crippen molar-refractivity contribution in [3.63, 3.8) is 0 Å². The van der Waals surface area contributed by atoms with Crippen LogP contribution in [-0.2, 0) is 0 Å². The highest BCUT2D eigenvalue weighted by Gasteiger charge is 2.10. The molecular formula is C15H11BrCl2O2. The molecule has 2 aromatic carbocycles. The fourth-order valence-electron chi connectivity index (χ4n) is 1.58. The normalized spacial score (nSPS) is 10.4. The van der Waals surface area contributed by atoms with E-state index in [-0.39, 0.29) is 12.4 Å². The maximum Gasteiger partial charge on any atom is 0.200 e. The van der Waals surface area contributed by atoms with Crippen LogP contribution in [0.2, 0.25) is 10.0 Å². The van der Waals surface area contributed by atoms with E-state index in [4.69, 9.17) is 27.9 Å². The summed E-state index contributed by atoms with van der Waals surface area (Å²) < 4.78 is 6.11. The minimum Gasteiger partial charge on any atom is -0.484 e. The van der Waals surface area contributed by atoms with Crippen LogP contribution in [0.25, 0.3) is 0 Å². The number of ether oxygens (including phenoxy) is 1. The first-order valence-corrected chi connectivity index (χ1v) is 7.39. The smallest absolute Gasteiger partial charge is 0.200 e. The molecule has 0 saturated heterocycles. The van der Waals surface area contributed by atoms with E-state index in [1.165, 1.54) is 0 Å². The van der Waals surface area contributed by atoms with Crippen molar-refractivity contribution in [1.82, 2.24) is 0 Å². The number of Topliss-reactive ketones (excluding diaryl/α,β-unsaturated/α-hetero) is 1. The summed E-state index contributed by atoms with van der Waals surface area (Å²) in [6, 6.07) is 10.5. The first-order valence-electron chi connectivity index (χ1n) is 5.84. The lowest BCUT2D eigenvalue weighted by Gasteiger charge is -2.09. The molecule has 0 bridgehead atoms. The third-order valence-electron chi connectivity index (χ3n) is 2.71. The Morgan fingerprint density at radius 2 is 1.80 bits per heavy atom. The lowest BCUT2D eigenvalue weighted by molar-refractivity contribution is 0.0921. The van der Waals surface area contributed by atoms with E-state index in [9.17, 15) is 4.79 Å². The maximum atomic E-state index is 12.0. The summed E-state index contributed by atoms with van der Waals surface area (Å²) in [6.45, 7) is 1.88. The molecule has 0 N–H and O–H groups in total. The second kappa shape index (κ2) is 6.61. The van der Waals surface area contributed by atoms with Gasteiger partial charge in [-0.25, -0.2) is 0 Å². The number of hydrogen-bond donors (Lipinski definition) is 0. The van der Waals surface area contributed by atoms with Crippen molar-refractivity contribution in [2.75, 3.05) is 6.61 Å². The van der Waals surface area contributed by atoms with Crippen LogP contribution in [0, 0.1) is 6.92 Å². The molecule has 0 aliphatic heterocycles. The Balaban J connectivity index is 2.07. The van der Waals surface area contributed by atoms with Gasteiger partial charge in [0.05, 0.1) is 10.0 Å². The van der Waals surface area contributed by atoms with Crippen LogP contribution in [0.1, 0.15) is 15.9 Å². The highest BCUT2D eigenvalue weighted by atomic mass is 79.9. The monoisotopic (exact) mass is 372 g/mol. The molecule has 0 atom stereocenters. The number of ketones is 1. The highest BCUT2D eigenvalue weighted by molar-refractivity contribution is 9.10. The molecule has 0 aliphatic carbocycles. The highest BCUT2D eigenvalue weighted by Crippen LogP contribution is 2.34. The van der Waals surface area contributed by atoms with Crippen molar-refractivity contribution in [2.45, 2.75) is 6.92 Å². The Morgan fingerprint density at radius 1 is 1.15 bits per heavy atom. The summed E-state index contributed by atoms with van der Waals surface area (Å²) >= 11 is 15.3. The molecule has 0 aliphatic rings. The zero-order valence-electron chi connectivity index (χ0n) is 10.6. The SMILES string of the molecule is Cc1ccc(C(=O)COc2cc(Cl)c(Br)cc2Cl)cc1. The second-order valence-electron chi connectivity index (χ2n) is 4.27. The molecule has 2 rings (SSSR count). The average molecular weight is 374 g/mol. The molecule has 20 heavy (non-hydrogen) atoms. The topological polar surface area (TPSA) is 26.3 Å². The lowest BCUT2D eigenvalue weighted by atomic mass is 10.1. The maximum absolute atomic E-state index is 12.0. The van der Waals surface area contributed by atoms with Crippen molar-refractivity contribution in [1.29, 1.82) is 0 Å². The van der Waals surface area contributed by atoms with Gasteiger partial charge in [-0.3, -0.25) is 4.79 Å². The minimum absolute atomic E-state index is 0.0826. The van der Waals surface area contributed by atoms with E-state index in [0.29, 0.717) is 25.8 Å². The Bertz CT molecular complexity index is 639. The summed E-state index contributed by atoms with van der Waals surface area (Å²) in [5.74, 6) is 0.278. The summed E-state index contributed by atoms with van der Waals surface area (Å²) in [6.07, 6.45) is 0. The zero-order chi connectivity index (χ0) is 14.7. The van der Waals surface area contributed by atoms with Gasteiger partial charge in [0.15, 0.2) is 12.4 Å². The van der Waals surface area contributed by atoms with Gasteiger partial charge in [-0.15, -0.1) is 0 Å². The number of rotatable bonds is 4. The molecule has 104 valence electrons. The van der Waals surface area contributed by atoms with Crippen LogP contribution >= 0.6 is 39.1 Å². The van der Waals surface area contributed by atoms with Gasteiger partial charge < -0.3 is 4.74 Å². The summed E-state index contributed by atoms with van der Waals surface area (Å²) in [7, 11) is 0.